The average Bonchev–Trinajstić information content (AvgIpc) is 2.96. The molecule has 2 unspecified atom stereocenters. The summed E-state index contributed by atoms with van der Waals surface area (Å²) in [6, 6.07) is 0. The van der Waals surface area contributed by atoms with Crippen molar-refractivity contribution in [3.8, 4) is 0 Å². The predicted octanol–water partition coefficient (Wildman–Crippen LogP) is 6.26. The van der Waals surface area contributed by atoms with Gasteiger partial charge in [-0.2, -0.15) is 0 Å². The van der Waals surface area contributed by atoms with E-state index in [9.17, 15) is 19.5 Å². The van der Waals surface area contributed by atoms with Crippen LogP contribution in [-0.4, -0.2) is 82.3 Å². The molecule has 0 radical (unpaired) electrons. The first-order chi connectivity index (χ1) is 21.1. The zero-order chi connectivity index (χ0) is 32.9. The van der Waals surface area contributed by atoms with Crippen molar-refractivity contribution in [3.05, 3.63) is 12.2 Å². The van der Waals surface area contributed by atoms with Gasteiger partial charge in [0.1, 0.15) is 13.2 Å². The van der Waals surface area contributed by atoms with Gasteiger partial charge in [-0.1, -0.05) is 96.6 Å². The smallest absolute Gasteiger partial charge is 0.306 e. The first-order valence-electron chi connectivity index (χ1n) is 17.3. The van der Waals surface area contributed by atoms with Crippen LogP contribution in [0.2, 0.25) is 0 Å². The molecule has 0 heterocycles. The third-order valence-corrected chi connectivity index (χ3v) is 7.26. The van der Waals surface area contributed by atoms with Gasteiger partial charge < -0.3 is 33.3 Å². The highest BCUT2D eigenvalue weighted by atomic mass is 16.7. The van der Waals surface area contributed by atoms with Gasteiger partial charge >= 0.3 is 11.9 Å². The van der Waals surface area contributed by atoms with E-state index in [-0.39, 0.29) is 38.6 Å². The first kappa shape index (κ1) is 42.0. The number of hydrogen-bond acceptors (Lipinski definition) is 8. The van der Waals surface area contributed by atoms with Gasteiger partial charge in [-0.05, 0) is 38.5 Å². The minimum absolute atomic E-state index is 0.148. The van der Waals surface area contributed by atoms with E-state index >= 15 is 0 Å². The van der Waals surface area contributed by atoms with Crippen LogP contribution < -0.4 is 5.11 Å². The number of carboxylic acids is 1. The number of quaternary nitrogens is 1. The molecule has 9 heteroatoms. The van der Waals surface area contributed by atoms with Crippen molar-refractivity contribution >= 4 is 17.9 Å². The van der Waals surface area contributed by atoms with Crippen molar-refractivity contribution in [2.75, 3.05) is 47.5 Å². The van der Waals surface area contributed by atoms with E-state index in [1.807, 2.05) is 21.1 Å². The van der Waals surface area contributed by atoms with Crippen molar-refractivity contribution < 1.29 is 42.9 Å². The van der Waals surface area contributed by atoms with Gasteiger partial charge in [0.05, 0.1) is 40.3 Å². The fourth-order valence-electron chi connectivity index (χ4n) is 4.47. The Bertz CT molecular complexity index is 750. The molecule has 0 spiro atoms. The molecule has 0 aliphatic rings. The summed E-state index contributed by atoms with van der Waals surface area (Å²) in [5.74, 6) is -2.31. The minimum atomic E-state index is -1.61. The van der Waals surface area contributed by atoms with Crippen LogP contribution in [0.5, 0.6) is 0 Å². The highest BCUT2D eigenvalue weighted by Crippen LogP contribution is 2.12. The fraction of sp³-hybridized carbons (Fsp3) is 0.857. The number of rotatable bonds is 31. The molecule has 0 N–H and O–H groups in total. The Kier molecular flexibility index (Phi) is 27.2. The molecule has 0 aromatic heterocycles. The van der Waals surface area contributed by atoms with E-state index in [1.54, 1.807) is 0 Å². The summed E-state index contributed by atoms with van der Waals surface area (Å²) in [4.78, 5) is 36.3. The zero-order valence-electron chi connectivity index (χ0n) is 28.8. The molecule has 0 aliphatic heterocycles. The van der Waals surface area contributed by atoms with Crippen LogP contribution in [0, 0.1) is 0 Å². The largest absolute Gasteiger partial charge is 0.545 e. The third kappa shape index (κ3) is 28.8. The second-order valence-corrected chi connectivity index (χ2v) is 12.8. The van der Waals surface area contributed by atoms with Crippen molar-refractivity contribution in [1.82, 2.24) is 0 Å². The Morgan fingerprint density at radius 1 is 0.659 bits per heavy atom. The molecule has 0 saturated carbocycles. The van der Waals surface area contributed by atoms with E-state index in [1.165, 1.54) is 38.5 Å². The minimum Gasteiger partial charge on any atom is -0.545 e. The molecule has 0 aliphatic carbocycles. The van der Waals surface area contributed by atoms with E-state index < -0.39 is 24.3 Å². The maximum atomic E-state index is 12.6. The fourth-order valence-corrected chi connectivity index (χ4v) is 4.47. The Morgan fingerprint density at radius 3 is 1.68 bits per heavy atom. The molecule has 9 nitrogen and oxygen atoms in total. The number of esters is 2. The zero-order valence-corrected chi connectivity index (χ0v) is 28.8. The summed E-state index contributed by atoms with van der Waals surface area (Å²) in [7, 11) is 5.88. The monoisotopic (exact) mass is 627 g/mol. The van der Waals surface area contributed by atoms with Crippen LogP contribution in [0.15, 0.2) is 12.2 Å². The summed E-state index contributed by atoms with van der Waals surface area (Å²) in [5, 5.41) is 11.5. The van der Waals surface area contributed by atoms with Gasteiger partial charge in [-0.25, -0.2) is 0 Å². The van der Waals surface area contributed by atoms with Crippen molar-refractivity contribution in [1.29, 1.82) is 0 Å². The van der Waals surface area contributed by atoms with E-state index in [0.29, 0.717) is 17.4 Å². The topological polar surface area (TPSA) is 111 Å². The lowest BCUT2D eigenvalue weighted by atomic mass is 10.1. The van der Waals surface area contributed by atoms with Crippen molar-refractivity contribution in [2.24, 2.45) is 0 Å². The van der Waals surface area contributed by atoms with E-state index in [4.69, 9.17) is 18.9 Å². The molecule has 0 aromatic carbocycles. The number of allylic oxidation sites excluding steroid dienone is 2. The highest BCUT2D eigenvalue weighted by Gasteiger charge is 2.21. The Hall–Kier alpha value is -1.97. The number of hydrogen-bond donors (Lipinski definition) is 0. The third-order valence-electron chi connectivity index (χ3n) is 7.26. The van der Waals surface area contributed by atoms with Crippen LogP contribution in [-0.2, 0) is 33.3 Å². The summed E-state index contributed by atoms with van der Waals surface area (Å²) >= 11 is 0. The normalized spacial score (nSPS) is 13.2. The average molecular weight is 628 g/mol. The standard InChI is InChI=1S/C35H65NO8/c1-6-8-10-12-13-14-15-16-17-18-19-20-22-24-26-33(38)44-31(29-42-32(37)25-23-21-11-9-7-2)30-43-35(34(39)40)41-28-27-36(3,4)5/h15-16,31,35H,6-14,17-30H2,1-5H3/b16-15-. The van der Waals surface area contributed by atoms with Gasteiger partial charge in [0.15, 0.2) is 12.4 Å². The summed E-state index contributed by atoms with van der Waals surface area (Å²) in [5.41, 5.74) is 0. The Balaban J connectivity index is 4.51. The summed E-state index contributed by atoms with van der Waals surface area (Å²) in [6.45, 7) is 4.59. The number of unbranched alkanes of at least 4 members (excludes halogenated alkanes) is 14. The van der Waals surface area contributed by atoms with Gasteiger partial charge in [0, 0.05) is 12.8 Å². The number of carbonyl (C=O) groups excluding carboxylic acids is 3. The van der Waals surface area contributed by atoms with Crippen LogP contribution >= 0.6 is 0 Å². The predicted molar refractivity (Wildman–Crippen MR) is 173 cm³/mol. The van der Waals surface area contributed by atoms with Gasteiger partial charge in [0.2, 0.25) is 0 Å². The number of aliphatic carboxylic acids is 1. The second-order valence-electron chi connectivity index (χ2n) is 12.8. The molecular formula is C35H65NO8. The van der Waals surface area contributed by atoms with E-state index in [2.05, 4.69) is 26.0 Å². The van der Waals surface area contributed by atoms with Crippen molar-refractivity contribution in [2.45, 2.75) is 148 Å². The summed E-state index contributed by atoms with van der Waals surface area (Å²) < 4.78 is 22.2. The lowest BCUT2D eigenvalue weighted by Gasteiger charge is -2.26. The number of carbonyl (C=O) groups is 3. The van der Waals surface area contributed by atoms with E-state index in [0.717, 1.165) is 64.2 Å². The molecule has 258 valence electrons. The second kappa shape index (κ2) is 28.5. The quantitative estimate of drug-likeness (QED) is 0.0291. The van der Waals surface area contributed by atoms with Crippen LogP contribution in [0.1, 0.15) is 136 Å². The van der Waals surface area contributed by atoms with Crippen LogP contribution in [0.3, 0.4) is 0 Å². The maximum Gasteiger partial charge on any atom is 0.306 e. The van der Waals surface area contributed by atoms with Gasteiger partial charge in [0.25, 0.3) is 0 Å². The molecular weight excluding hydrogens is 562 g/mol. The SMILES string of the molecule is CCCCCCC/C=C\CCCCCCCC(=O)OC(COC(=O)CCCCCCC)COC(OCC[N+](C)(C)C)C(=O)[O-]. The van der Waals surface area contributed by atoms with Crippen LogP contribution in [0.25, 0.3) is 0 Å². The maximum absolute atomic E-state index is 12.6. The number of likely N-dealkylation sites (N-methyl/N-ethyl adjacent to an activating group) is 1. The molecule has 0 aromatic rings. The summed E-state index contributed by atoms with van der Waals surface area (Å²) in [6.07, 6.45) is 21.4. The number of ether oxygens (including phenoxy) is 4. The Labute approximate surface area is 268 Å². The molecule has 0 rings (SSSR count). The Morgan fingerprint density at radius 2 is 1.16 bits per heavy atom. The van der Waals surface area contributed by atoms with Crippen molar-refractivity contribution in [3.63, 3.8) is 0 Å². The molecule has 0 saturated heterocycles. The highest BCUT2D eigenvalue weighted by molar-refractivity contribution is 5.70. The lowest BCUT2D eigenvalue weighted by molar-refractivity contribution is -0.870. The van der Waals surface area contributed by atoms with Crippen LogP contribution in [0.4, 0.5) is 0 Å². The molecule has 44 heavy (non-hydrogen) atoms. The molecule has 0 amide bonds. The first-order valence-corrected chi connectivity index (χ1v) is 17.3. The van der Waals surface area contributed by atoms with Gasteiger partial charge in [-0.15, -0.1) is 0 Å². The number of carboxylic acid groups (broad SMARTS) is 1. The number of nitrogens with zero attached hydrogens (tertiary/aromatic N) is 1. The molecule has 2 atom stereocenters. The lowest BCUT2D eigenvalue weighted by Crippen LogP contribution is -2.44. The molecule has 0 bridgehead atoms. The van der Waals surface area contributed by atoms with Gasteiger partial charge in [-0.3, -0.25) is 9.59 Å². The molecule has 0 fully saturated rings.